The first-order chi connectivity index (χ1) is 24.9. The Kier molecular flexibility index (Phi) is 41.2. The largest absolute Gasteiger partial charge is 0.379 e. The van der Waals surface area contributed by atoms with E-state index >= 15 is 0 Å². The molecule has 0 rings (SSSR count). The van der Waals surface area contributed by atoms with E-state index in [0.29, 0.717) is 25.3 Å². The third-order valence-electron chi connectivity index (χ3n) is 10.3. The normalized spacial score (nSPS) is 13.5. The van der Waals surface area contributed by atoms with Gasteiger partial charge in [-0.25, -0.2) is 0 Å². The van der Waals surface area contributed by atoms with Crippen LogP contribution in [0.2, 0.25) is 0 Å². The molecule has 51 heavy (non-hydrogen) atoms. The first-order valence-corrected chi connectivity index (χ1v) is 24.6. The van der Waals surface area contributed by atoms with Crippen LogP contribution in [-0.2, 0) is 14.0 Å². The first kappa shape index (κ1) is 51.0. The van der Waals surface area contributed by atoms with E-state index in [1.807, 2.05) is 0 Å². The van der Waals surface area contributed by atoms with Gasteiger partial charge in [0.25, 0.3) is 0 Å². The van der Waals surface area contributed by atoms with Gasteiger partial charge in [-0.15, -0.1) is 0 Å². The lowest BCUT2D eigenvalue weighted by molar-refractivity contribution is -0.0384. The fourth-order valence-electron chi connectivity index (χ4n) is 7.22. The summed E-state index contributed by atoms with van der Waals surface area (Å²) in [5.41, 5.74) is 0. The Labute approximate surface area is 323 Å². The molecule has 4 nitrogen and oxygen atoms in total. The fourth-order valence-corrected chi connectivity index (χ4v) is 9.03. The maximum Gasteiger partial charge on any atom is 0.104 e. The molecule has 0 aliphatic heterocycles. The van der Waals surface area contributed by atoms with Crippen LogP contribution in [-0.4, -0.2) is 56.0 Å². The SMILES string of the molecule is CCCCCCCC/C=C\CCCCCCCCCCCCOCC(COP(C)N(C(C)C)C(C)C)OCCCCCCCCCCCCCC. The average molecular weight is 740 g/mol. The predicted octanol–water partition coefficient (Wildman–Crippen LogP) is 15.8. The summed E-state index contributed by atoms with van der Waals surface area (Å²) >= 11 is 0. The van der Waals surface area contributed by atoms with Crippen LogP contribution in [0.15, 0.2) is 12.2 Å². The summed E-state index contributed by atoms with van der Waals surface area (Å²) < 4.78 is 21.5. The number of rotatable bonds is 42. The fraction of sp³-hybridized carbons (Fsp3) is 0.957. The van der Waals surface area contributed by atoms with Gasteiger partial charge in [0.15, 0.2) is 0 Å². The van der Waals surface area contributed by atoms with Crippen molar-refractivity contribution in [2.24, 2.45) is 0 Å². The van der Waals surface area contributed by atoms with E-state index in [2.05, 4.69) is 65.0 Å². The lowest BCUT2D eigenvalue weighted by Gasteiger charge is -2.35. The molecule has 0 saturated heterocycles. The molecule has 0 aromatic rings. The van der Waals surface area contributed by atoms with Gasteiger partial charge in [-0.2, -0.15) is 0 Å². The van der Waals surface area contributed by atoms with Crippen LogP contribution in [0.1, 0.15) is 234 Å². The van der Waals surface area contributed by atoms with Crippen LogP contribution in [0, 0.1) is 0 Å². The maximum atomic E-state index is 6.44. The highest BCUT2D eigenvalue weighted by Gasteiger charge is 2.22. The molecule has 0 N–H and O–H groups in total. The van der Waals surface area contributed by atoms with Crippen molar-refractivity contribution in [3.05, 3.63) is 12.2 Å². The van der Waals surface area contributed by atoms with Gasteiger partial charge >= 0.3 is 0 Å². The van der Waals surface area contributed by atoms with E-state index in [0.717, 1.165) is 26.1 Å². The zero-order valence-electron chi connectivity index (χ0n) is 36.0. The molecular formula is C46H94NO3P. The molecule has 0 heterocycles. The Bertz CT molecular complexity index is 679. The van der Waals surface area contributed by atoms with Crippen LogP contribution in [0.4, 0.5) is 0 Å². The number of nitrogens with zero attached hydrogens (tertiary/aromatic N) is 1. The van der Waals surface area contributed by atoms with Gasteiger partial charge in [-0.3, -0.25) is 4.67 Å². The second-order valence-electron chi connectivity index (χ2n) is 16.1. The standard InChI is InChI=1S/C46H94NO3P/c1-8-10-12-14-16-18-20-22-23-24-25-26-27-28-29-30-32-34-36-38-40-48-42-46(43-50-51(7)47(44(3)4)45(5)6)49-41-39-37-35-33-31-21-19-17-15-13-11-9-2/h22-23,44-46H,8-21,24-43H2,1-7H3/b23-22-. The van der Waals surface area contributed by atoms with Gasteiger partial charge in [-0.1, -0.05) is 180 Å². The molecule has 5 heteroatoms. The van der Waals surface area contributed by atoms with E-state index in [1.165, 1.54) is 180 Å². The Morgan fingerprint density at radius 1 is 0.451 bits per heavy atom. The van der Waals surface area contributed by atoms with Crippen molar-refractivity contribution < 1.29 is 14.0 Å². The van der Waals surface area contributed by atoms with Crippen molar-refractivity contribution in [2.75, 3.05) is 33.1 Å². The molecule has 0 saturated carbocycles. The van der Waals surface area contributed by atoms with Gasteiger partial charge in [0.2, 0.25) is 0 Å². The van der Waals surface area contributed by atoms with Crippen LogP contribution in [0.25, 0.3) is 0 Å². The van der Waals surface area contributed by atoms with Crippen molar-refractivity contribution in [2.45, 2.75) is 252 Å². The second-order valence-corrected chi connectivity index (χ2v) is 17.8. The van der Waals surface area contributed by atoms with E-state index in [1.54, 1.807) is 0 Å². The first-order valence-electron chi connectivity index (χ1n) is 22.9. The zero-order valence-corrected chi connectivity index (χ0v) is 36.9. The Balaban J connectivity index is 3.98. The highest BCUT2D eigenvalue weighted by atomic mass is 31.2. The minimum Gasteiger partial charge on any atom is -0.379 e. The monoisotopic (exact) mass is 740 g/mol. The Hall–Kier alpha value is 0.0100. The number of allylic oxidation sites excluding steroid dienone is 2. The molecule has 0 spiro atoms. The summed E-state index contributed by atoms with van der Waals surface area (Å²) in [5, 5.41) is 0. The lowest BCUT2D eigenvalue weighted by atomic mass is 10.1. The van der Waals surface area contributed by atoms with Crippen LogP contribution in [0.3, 0.4) is 0 Å². The molecule has 0 aliphatic carbocycles. The average Bonchev–Trinajstić information content (AvgIpc) is 3.10. The minimum absolute atomic E-state index is 0.0324. The quantitative estimate of drug-likeness (QED) is 0.0354. The third-order valence-corrected chi connectivity index (χ3v) is 12.4. The molecule has 0 radical (unpaired) electrons. The summed E-state index contributed by atoms with van der Waals surface area (Å²) in [6, 6.07) is 0.962. The van der Waals surface area contributed by atoms with Crippen LogP contribution < -0.4 is 0 Å². The molecule has 0 aromatic carbocycles. The number of unbranched alkanes of at least 4 members (excludes halogenated alkanes) is 27. The highest BCUT2D eigenvalue weighted by molar-refractivity contribution is 7.49. The minimum atomic E-state index is -0.640. The topological polar surface area (TPSA) is 30.9 Å². The number of ether oxygens (including phenoxy) is 2. The molecule has 306 valence electrons. The van der Waals surface area contributed by atoms with Gasteiger partial charge in [0, 0.05) is 25.3 Å². The molecule has 0 bridgehead atoms. The third kappa shape index (κ3) is 36.7. The second kappa shape index (κ2) is 41.2. The van der Waals surface area contributed by atoms with Gasteiger partial charge in [0.1, 0.15) is 14.4 Å². The van der Waals surface area contributed by atoms with Crippen molar-refractivity contribution in [1.82, 2.24) is 4.67 Å². The van der Waals surface area contributed by atoms with Crippen molar-refractivity contribution in [3.8, 4) is 0 Å². The molecule has 0 fully saturated rings. The Morgan fingerprint density at radius 3 is 1.20 bits per heavy atom. The van der Waals surface area contributed by atoms with Crippen molar-refractivity contribution >= 4 is 8.30 Å². The lowest BCUT2D eigenvalue weighted by Crippen LogP contribution is -2.34. The van der Waals surface area contributed by atoms with Crippen LogP contribution >= 0.6 is 8.30 Å². The van der Waals surface area contributed by atoms with Gasteiger partial charge in [0.05, 0.1) is 13.2 Å². The number of hydrogen-bond donors (Lipinski definition) is 0. The van der Waals surface area contributed by atoms with E-state index in [-0.39, 0.29) is 6.10 Å². The van der Waals surface area contributed by atoms with Gasteiger partial charge < -0.3 is 14.0 Å². The van der Waals surface area contributed by atoms with E-state index in [4.69, 9.17) is 14.0 Å². The highest BCUT2D eigenvalue weighted by Crippen LogP contribution is 2.41. The molecule has 0 amide bonds. The summed E-state index contributed by atoms with van der Waals surface area (Å²) in [6.45, 7) is 18.9. The smallest absolute Gasteiger partial charge is 0.104 e. The molecule has 0 aliphatic rings. The summed E-state index contributed by atoms with van der Waals surface area (Å²) in [6.07, 6.45) is 45.9. The zero-order chi connectivity index (χ0) is 37.5. The maximum absolute atomic E-state index is 6.44. The molecular weight excluding hydrogens is 645 g/mol. The van der Waals surface area contributed by atoms with Gasteiger partial charge in [-0.05, 0) is 72.9 Å². The predicted molar refractivity (Wildman–Crippen MR) is 230 cm³/mol. The summed E-state index contributed by atoms with van der Waals surface area (Å²) in [5.74, 6) is 0. The summed E-state index contributed by atoms with van der Waals surface area (Å²) in [4.78, 5) is 0. The summed E-state index contributed by atoms with van der Waals surface area (Å²) in [7, 11) is -0.640. The Morgan fingerprint density at radius 2 is 0.804 bits per heavy atom. The molecule has 2 unspecified atom stereocenters. The van der Waals surface area contributed by atoms with Crippen molar-refractivity contribution in [1.29, 1.82) is 0 Å². The van der Waals surface area contributed by atoms with E-state index in [9.17, 15) is 0 Å². The van der Waals surface area contributed by atoms with Crippen molar-refractivity contribution in [3.63, 3.8) is 0 Å². The molecule has 2 atom stereocenters. The molecule has 0 aromatic heterocycles. The van der Waals surface area contributed by atoms with E-state index < -0.39 is 8.30 Å². The number of hydrogen-bond acceptors (Lipinski definition) is 4. The van der Waals surface area contributed by atoms with Crippen LogP contribution in [0.5, 0.6) is 0 Å².